The van der Waals surface area contributed by atoms with Crippen molar-refractivity contribution in [2.45, 2.75) is 51.6 Å². The minimum atomic E-state index is 0.0511. The van der Waals surface area contributed by atoms with E-state index < -0.39 is 0 Å². The van der Waals surface area contributed by atoms with Gasteiger partial charge in [0.1, 0.15) is 0 Å². The lowest BCUT2D eigenvalue weighted by atomic mass is 9.64. The molecule has 4 heteroatoms. The van der Waals surface area contributed by atoms with E-state index in [-0.39, 0.29) is 5.54 Å². The quantitative estimate of drug-likeness (QED) is 0.475. The van der Waals surface area contributed by atoms with Crippen LogP contribution in [-0.4, -0.2) is 16.6 Å². The first-order chi connectivity index (χ1) is 10.4. The number of piperidine rings is 1. The third-order valence-corrected chi connectivity index (χ3v) is 6.05. The highest BCUT2D eigenvalue weighted by molar-refractivity contribution is 9.10. The maximum atomic E-state index is 4.64. The van der Waals surface area contributed by atoms with Crippen molar-refractivity contribution >= 4 is 21.6 Å². The first kappa shape index (κ1) is 15.7. The molecule has 3 nitrogen and oxygen atoms in total. The van der Waals surface area contributed by atoms with E-state index in [1.165, 1.54) is 24.8 Å². The summed E-state index contributed by atoms with van der Waals surface area (Å²) >= 11 is 3.45. The fourth-order valence-corrected chi connectivity index (χ4v) is 4.27. The zero-order valence-corrected chi connectivity index (χ0v) is 15.2. The van der Waals surface area contributed by atoms with E-state index in [0.717, 1.165) is 10.2 Å². The van der Waals surface area contributed by atoms with E-state index in [4.69, 9.17) is 0 Å². The predicted octanol–water partition coefficient (Wildman–Crippen LogP) is 5.90. The van der Waals surface area contributed by atoms with Gasteiger partial charge in [0.05, 0.1) is 17.3 Å². The van der Waals surface area contributed by atoms with Crippen LogP contribution in [0, 0.1) is 11.8 Å². The first-order valence-corrected chi connectivity index (χ1v) is 8.83. The van der Waals surface area contributed by atoms with E-state index in [9.17, 15) is 0 Å². The summed E-state index contributed by atoms with van der Waals surface area (Å²) in [6, 6.07) is 8.31. The summed E-state index contributed by atoms with van der Waals surface area (Å²) in [7, 11) is 0. The van der Waals surface area contributed by atoms with Crippen molar-refractivity contribution in [3.63, 3.8) is 0 Å². The number of rotatable bonds is 2. The molecule has 1 heterocycles. The molecule has 118 valence electrons. The number of nitrogens with zero attached hydrogens (tertiary/aromatic N) is 3. The van der Waals surface area contributed by atoms with Crippen LogP contribution in [0.3, 0.4) is 0 Å². The van der Waals surface area contributed by atoms with Gasteiger partial charge < -0.3 is 0 Å². The Hall–Kier alpha value is -1.16. The van der Waals surface area contributed by atoms with Crippen LogP contribution in [0.2, 0.25) is 0 Å². The first-order valence-electron chi connectivity index (χ1n) is 8.04. The molecule has 2 aliphatic rings. The average molecular weight is 362 g/mol. The monoisotopic (exact) mass is 361 g/mol. The smallest absolute Gasteiger partial charge is 0.0875 e. The second-order valence-corrected chi connectivity index (χ2v) is 8.06. The van der Waals surface area contributed by atoms with Gasteiger partial charge in [-0.3, -0.25) is 5.01 Å². The van der Waals surface area contributed by atoms with Gasteiger partial charge in [0.25, 0.3) is 0 Å². The van der Waals surface area contributed by atoms with Crippen LogP contribution >= 0.6 is 15.9 Å². The normalized spacial score (nSPS) is 30.8. The molecule has 1 saturated heterocycles. The molecule has 1 aromatic carbocycles. The second-order valence-electron chi connectivity index (χ2n) is 7.14. The minimum Gasteiger partial charge on any atom is -0.269 e. The summed E-state index contributed by atoms with van der Waals surface area (Å²) in [4.78, 5) is 0. The van der Waals surface area contributed by atoms with Crippen LogP contribution in [-0.2, 0) is 0 Å². The lowest BCUT2D eigenvalue weighted by Gasteiger charge is -2.55. The SMILES string of the molecule is C=C1CCC2C[C@H]1[C@@H](C)N(N=Nc1ccc(Br)cc1)C2(C)C. The molecule has 3 atom stereocenters. The Morgan fingerprint density at radius 1 is 1.27 bits per heavy atom. The van der Waals surface area contributed by atoms with Crippen molar-refractivity contribution in [2.75, 3.05) is 0 Å². The largest absolute Gasteiger partial charge is 0.269 e. The molecular formula is C18H24BrN3. The van der Waals surface area contributed by atoms with Gasteiger partial charge in [0.2, 0.25) is 0 Å². The van der Waals surface area contributed by atoms with Gasteiger partial charge in [-0.25, -0.2) is 0 Å². The topological polar surface area (TPSA) is 28.0 Å². The molecular weight excluding hydrogens is 338 g/mol. The Morgan fingerprint density at radius 3 is 2.64 bits per heavy atom. The number of hydrogen-bond donors (Lipinski definition) is 0. The van der Waals surface area contributed by atoms with Gasteiger partial charge >= 0.3 is 0 Å². The molecule has 1 saturated carbocycles. The average Bonchev–Trinajstić information content (AvgIpc) is 2.48. The maximum Gasteiger partial charge on any atom is 0.0875 e. The molecule has 0 aromatic heterocycles. The highest BCUT2D eigenvalue weighted by Crippen LogP contribution is 2.49. The summed E-state index contributed by atoms with van der Waals surface area (Å²) in [5.41, 5.74) is 2.33. The van der Waals surface area contributed by atoms with Crippen LogP contribution in [0.15, 0.2) is 51.2 Å². The molecule has 3 rings (SSSR count). The Bertz CT molecular complexity index is 591. The highest BCUT2D eigenvalue weighted by atomic mass is 79.9. The maximum absolute atomic E-state index is 4.64. The number of halogens is 1. The fraction of sp³-hybridized carbons (Fsp3) is 0.556. The van der Waals surface area contributed by atoms with Crippen molar-refractivity contribution in [1.82, 2.24) is 5.01 Å². The predicted molar refractivity (Wildman–Crippen MR) is 94.0 cm³/mol. The molecule has 0 radical (unpaired) electrons. The Balaban J connectivity index is 1.87. The minimum absolute atomic E-state index is 0.0511. The Kier molecular flexibility index (Phi) is 4.15. The van der Waals surface area contributed by atoms with Crippen LogP contribution in [0.4, 0.5) is 5.69 Å². The number of fused-ring (bicyclic) bond motifs is 2. The van der Waals surface area contributed by atoms with Crippen LogP contribution in [0.5, 0.6) is 0 Å². The molecule has 0 amide bonds. The van der Waals surface area contributed by atoms with Crippen LogP contribution in [0.25, 0.3) is 0 Å². The van der Waals surface area contributed by atoms with Crippen LogP contribution in [0.1, 0.15) is 40.0 Å². The second kappa shape index (κ2) is 5.80. The van der Waals surface area contributed by atoms with E-state index >= 15 is 0 Å². The molecule has 2 bridgehead atoms. The number of hydrogen-bond acceptors (Lipinski definition) is 2. The number of benzene rings is 1. The van der Waals surface area contributed by atoms with Crippen molar-refractivity contribution in [2.24, 2.45) is 22.2 Å². The summed E-state index contributed by atoms with van der Waals surface area (Å²) < 4.78 is 1.06. The standard InChI is InChI=1S/C18H24BrN3/c1-12-5-6-14-11-17(12)13(2)22(18(14,3)4)21-20-16-9-7-15(19)8-10-16/h7-10,13-14,17H,1,5-6,11H2,2-4H3/t13-,14?,17-/m1/s1. The van der Waals surface area contributed by atoms with E-state index in [1.54, 1.807) is 0 Å². The van der Waals surface area contributed by atoms with E-state index in [2.05, 4.69) is 58.6 Å². The van der Waals surface area contributed by atoms with E-state index in [1.807, 2.05) is 24.3 Å². The lowest BCUT2D eigenvalue weighted by Crippen LogP contribution is -2.59. The van der Waals surface area contributed by atoms with Gasteiger partial charge in [-0.05, 0) is 70.2 Å². The zero-order valence-electron chi connectivity index (χ0n) is 13.6. The van der Waals surface area contributed by atoms with Crippen LogP contribution < -0.4 is 0 Å². The van der Waals surface area contributed by atoms with Gasteiger partial charge in [-0.2, -0.15) is 0 Å². The van der Waals surface area contributed by atoms with Gasteiger partial charge in [0, 0.05) is 10.4 Å². The van der Waals surface area contributed by atoms with Crippen molar-refractivity contribution < 1.29 is 0 Å². The third-order valence-electron chi connectivity index (χ3n) is 5.52. The Labute approximate surface area is 141 Å². The molecule has 0 spiro atoms. The van der Waals surface area contributed by atoms with Gasteiger partial charge in [-0.1, -0.05) is 33.3 Å². The summed E-state index contributed by atoms with van der Waals surface area (Å²) in [5, 5.41) is 11.3. The molecule has 1 aliphatic heterocycles. The molecule has 2 fully saturated rings. The molecule has 22 heavy (non-hydrogen) atoms. The summed E-state index contributed by atoms with van der Waals surface area (Å²) in [6.07, 6.45) is 3.64. The Morgan fingerprint density at radius 2 is 1.95 bits per heavy atom. The summed E-state index contributed by atoms with van der Waals surface area (Å²) in [6.45, 7) is 11.2. The molecule has 1 aliphatic carbocycles. The van der Waals surface area contributed by atoms with Crippen molar-refractivity contribution in [3.8, 4) is 0 Å². The van der Waals surface area contributed by atoms with Crippen molar-refractivity contribution in [3.05, 3.63) is 40.9 Å². The zero-order chi connectivity index (χ0) is 15.9. The van der Waals surface area contributed by atoms with Gasteiger partial charge in [-0.15, -0.1) is 5.11 Å². The fourth-order valence-electron chi connectivity index (χ4n) is 4.00. The molecule has 1 unspecified atom stereocenters. The third kappa shape index (κ3) is 2.73. The highest BCUT2D eigenvalue weighted by Gasteiger charge is 2.48. The molecule has 0 N–H and O–H groups in total. The molecule has 1 aromatic rings. The van der Waals surface area contributed by atoms with E-state index in [0.29, 0.717) is 17.9 Å². The lowest BCUT2D eigenvalue weighted by molar-refractivity contribution is -0.0576. The van der Waals surface area contributed by atoms with Crippen molar-refractivity contribution in [1.29, 1.82) is 0 Å². The van der Waals surface area contributed by atoms with Gasteiger partial charge in [0.15, 0.2) is 0 Å². The summed E-state index contributed by atoms with van der Waals surface area (Å²) in [5.74, 6) is 1.22.